The number of alkyl halides is 6. The zero-order valence-corrected chi connectivity index (χ0v) is 6.26. The van der Waals surface area contributed by atoms with Gasteiger partial charge >= 0.3 is 23.8 Å². The first-order valence-corrected chi connectivity index (χ1v) is 3.41. The molecule has 0 amide bonds. The monoisotopic (exact) mass is 234 g/mol. The summed E-state index contributed by atoms with van der Waals surface area (Å²) in [6.45, 7) is 0. The first-order chi connectivity index (χ1) is 5.55. The molecule has 0 heterocycles. The Morgan fingerprint density at radius 2 is 1.31 bits per heavy atom. The molecule has 0 rings (SSSR count). The minimum atomic E-state index is -5.85. The second kappa shape index (κ2) is 3.78. The highest BCUT2D eigenvalue weighted by Crippen LogP contribution is 2.36. The Labute approximate surface area is 69.6 Å². The number of halogens is 7. The van der Waals surface area contributed by atoms with Crippen molar-refractivity contribution in [1.29, 1.82) is 0 Å². The summed E-state index contributed by atoms with van der Waals surface area (Å²) in [5.41, 5.74) is 0. The van der Waals surface area contributed by atoms with Gasteiger partial charge in [0.25, 0.3) is 6.10 Å². The van der Waals surface area contributed by atoms with Crippen LogP contribution in [0.2, 0.25) is 0 Å². The van der Waals surface area contributed by atoms with Gasteiger partial charge in [-0.1, -0.05) is 0 Å². The fraction of sp³-hybridized carbons (Fsp3) is 1.00. The van der Waals surface area contributed by atoms with Crippen LogP contribution in [-0.4, -0.2) is 22.7 Å². The van der Waals surface area contributed by atoms with Crippen LogP contribution in [0.1, 0.15) is 0 Å². The van der Waals surface area contributed by atoms with Crippen LogP contribution in [0.15, 0.2) is 0 Å². The third kappa shape index (κ3) is 4.41. The zero-order valence-electron chi connectivity index (χ0n) is 5.45. The first kappa shape index (κ1) is 12.6. The molecule has 2 nitrogen and oxygen atoms in total. The summed E-state index contributed by atoms with van der Waals surface area (Å²) in [5.74, 6) is 0. The fourth-order valence-electron chi connectivity index (χ4n) is 0.370. The van der Waals surface area contributed by atoms with Crippen molar-refractivity contribution in [3.63, 3.8) is 0 Å². The van der Waals surface area contributed by atoms with Crippen LogP contribution < -0.4 is 0 Å². The quantitative estimate of drug-likeness (QED) is 0.539. The summed E-state index contributed by atoms with van der Waals surface area (Å²) >= 11 is -4.13. The average molecular weight is 234 g/mol. The Hall–Kier alpha value is -0.380. The van der Waals surface area contributed by atoms with Crippen LogP contribution in [0, 0.1) is 0 Å². The third-order valence-corrected chi connectivity index (χ3v) is 1.11. The summed E-state index contributed by atoms with van der Waals surface area (Å²) in [7, 11) is 0. The van der Waals surface area contributed by atoms with Gasteiger partial charge in [-0.3, -0.25) is 0 Å². The molecule has 0 saturated heterocycles. The number of hydrogen-bond donors (Lipinski definition) is 0. The number of rotatable bonds is 2. The van der Waals surface area contributed by atoms with Gasteiger partial charge in [0.05, 0.1) is 0 Å². The van der Waals surface area contributed by atoms with E-state index in [9.17, 15) is 34.4 Å². The fourth-order valence-corrected chi connectivity index (χ4v) is 0.740. The molecule has 0 N–H and O–H groups in total. The van der Waals surface area contributed by atoms with Gasteiger partial charge in [-0.25, -0.2) is 4.18 Å². The summed E-state index contributed by atoms with van der Waals surface area (Å²) < 4.78 is 91.7. The van der Waals surface area contributed by atoms with E-state index in [1.807, 2.05) is 0 Å². The van der Waals surface area contributed by atoms with Crippen molar-refractivity contribution >= 4 is 11.5 Å². The molecule has 0 aliphatic rings. The first-order valence-electron chi connectivity index (χ1n) is 2.43. The van der Waals surface area contributed by atoms with Crippen molar-refractivity contribution in [3.8, 4) is 0 Å². The molecule has 0 saturated carbocycles. The number of hydrogen-bond acceptors (Lipinski definition) is 2. The standard InChI is InChI=1S/C3HF7O2S/c4-2(5,6)1(3(7,8)9)12-13(10)11/h1H. The van der Waals surface area contributed by atoms with Gasteiger partial charge in [0.1, 0.15) is 0 Å². The Bertz CT molecular complexity index is 181. The zero-order chi connectivity index (χ0) is 10.9. The van der Waals surface area contributed by atoms with E-state index in [1.165, 1.54) is 0 Å². The van der Waals surface area contributed by atoms with E-state index in [0.29, 0.717) is 0 Å². The summed E-state index contributed by atoms with van der Waals surface area (Å²) in [4.78, 5) is 0. The van der Waals surface area contributed by atoms with Crippen molar-refractivity contribution in [1.82, 2.24) is 0 Å². The Kier molecular flexibility index (Phi) is 3.67. The van der Waals surface area contributed by atoms with Gasteiger partial charge in [0.2, 0.25) is 0 Å². The molecule has 0 aromatic carbocycles. The van der Waals surface area contributed by atoms with E-state index in [1.54, 1.807) is 0 Å². The predicted octanol–water partition coefficient (Wildman–Crippen LogP) is 2.04. The molecule has 0 radical (unpaired) electrons. The summed E-state index contributed by atoms with van der Waals surface area (Å²) in [5, 5.41) is 0. The molecule has 13 heavy (non-hydrogen) atoms. The molecule has 0 aromatic heterocycles. The lowest BCUT2D eigenvalue weighted by molar-refractivity contribution is -0.298. The van der Waals surface area contributed by atoms with Crippen molar-refractivity contribution in [2.45, 2.75) is 18.5 Å². The molecule has 0 fully saturated rings. The maximum Gasteiger partial charge on any atom is 0.425 e. The molecule has 1 atom stereocenters. The maximum absolute atomic E-state index is 11.4. The third-order valence-electron chi connectivity index (χ3n) is 0.766. The molecule has 10 heteroatoms. The molecule has 0 aromatic rings. The Morgan fingerprint density at radius 3 is 1.38 bits per heavy atom. The topological polar surface area (TPSA) is 26.3 Å². The van der Waals surface area contributed by atoms with Gasteiger partial charge in [-0.2, -0.15) is 30.6 Å². The van der Waals surface area contributed by atoms with Crippen LogP contribution in [0.5, 0.6) is 0 Å². The SMILES string of the molecule is O=S(F)OC(C(F)(F)F)C(F)(F)F. The van der Waals surface area contributed by atoms with E-state index < -0.39 is 29.9 Å². The summed E-state index contributed by atoms with van der Waals surface area (Å²) in [6, 6.07) is 0. The van der Waals surface area contributed by atoms with Crippen LogP contribution in [0.3, 0.4) is 0 Å². The molecular formula is C3HF7O2S. The Balaban J connectivity index is 4.68. The highest BCUT2D eigenvalue weighted by Gasteiger charge is 2.59. The van der Waals surface area contributed by atoms with Crippen molar-refractivity contribution < 1.29 is 38.6 Å². The van der Waals surface area contributed by atoms with Gasteiger partial charge in [-0.15, -0.1) is 3.89 Å². The van der Waals surface area contributed by atoms with Crippen LogP contribution in [0.4, 0.5) is 30.2 Å². The van der Waals surface area contributed by atoms with E-state index in [0.717, 1.165) is 0 Å². The smallest absolute Gasteiger partial charge is 0.242 e. The van der Waals surface area contributed by atoms with Crippen LogP contribution in [0.25, 0.3) is 0 Å². The average Bonchev–Trinajstić information content (AvgIpc) is 1.77. The van der Waals surface area contributed by atoms with Crippen molar-refractivity contribution in [3.05, 3.63) is 0 Å². The highest BCUT2D eigenvalue weighted by atomic mass is 32.2. The van der Waals surface area contributed by atoms with E-state index in [2.05, 4.69) is 4.18 Å². The normalized spacial score (nSPS) is 16.3. The summed E-state index contributed by atoms with van der Waals surface area (Å²) in [6.07, 6.45) is -16.1. The largest absolute Gasteiger partial charge is 0.425 e. The lowest BCUT2D eigenvalue weighted by Crippen LogP contribution is -2.44. The van der Waals surface area contributed by atoms with Crippen LogP contribution >= 0.6 is 0 Å². The molecule has 0 aliphatic carbocycles. The highest BCUT2D eigenvalue weighted by molar-refractivity contribution is 7.74. The van der Waals surface area contributed by atoms with E-state index in [4.69, 9.17) is 0 Å². The maximum atomic E-state index is 11.4. The van der Waals surface area contributed by atoms with Crippen molar-refractivity contribution in [2.75, 3.05) is 0 Å². The Morgan fingerprint density at radius 1 is 1.00 bits per heavy atom. The molecule has 0 spiro atoms. The van der Waals surface area contributed by atoms with Gasteiger partial charge in [-0.05, 0) is 0 Å². The molecule has 80 valence electrons. The van der Waals surface area contributed by atoms with E-state index >= 15 is 0 Å². The molecule has 0 aliphatic heterocycles. The molecule has 0 bridgehead atoms. The van der Waals surface area contributed by atoms with E-state index in [-0.39, 0.29) is 0 Å². The lowest BCUT2D eigenvalue weighted by Gasteiger charge is -2.19. The molecule has 1 unspecified atom stereocenters. The minimum absolute atomic E-state index is 2.53. The predicted molar refractivity (Wildman–Crippen MR) is 26.2 cm³/mol. The second-order valence-corrected chi connectivity index (χ2v) is 2.33. The second-order valence-electron chi connectivity index (χ2n) is 1.75. The van der Waals surface area contributed by atoms with Gasteiger partial charge in [0, 0.05) is 0 Å². The molecular weight excluding hydrogens is 233 g/mol. The van der Waals surface area contributed by atoms with Gasteiger partial charge in [0.15, 0.2) is 0 Å². The van der Waals surface area contributed by atoms with Crippen molar-refractivity contribution in [2.24, 2.45) is 0 Å². The van der Waals surface area contributed by atoms with Crippen LogP contribution in [-0.2, 0) is 15.6 Å². The lowest BCUT2D eigenvalue weighted by atomic mass is 10.3. The van der Waals surface area contributed by atoms with Gasteiger partial charge < -0.3 is 0 Å². The minimum Gasteiger partial charge on any atom is -0.242 e.